The Labute approximate surface area is 494 Å². The van der Waals surface area contributed by atoms with Crippen molar-refractivity contribution in [3.8, 4) is 0 Å². The first kappa shape index (κ1) is 76.2. The lowest BCUT2D eigenvalue weighted by molar-refractivity contribution is 0.217. The van der Waals surface area contributed by atoms with E-state index < -0.39 is 0 Å². The van der Waals surface area contributed by atoms with Crippen molar-refractivity contribution in [2.75, 3.05) is 0 Å². The average Bonchev–Trinajstić information content (AvgIpc) is 3.44. The first-order chi connectivity index (χ1) is 38.4. The molecule has 0 heteroatoms. The fourth-order valence-electron chi connectivity index (χ4n) is 11.9. The van der Waals surface area contributed by atoms with Crippen molar-refractivity contribution in [2.24, 2.45) is 10.8 Å². The average molecular weight is 1080 g/mol. The van der Waals surface area contributed by atoms with Crippen molar-refractivity contribution in [1.29, 1.82) is 0 Å². The Morgan fingerprint density at radius 1 is 0.256 bits per heavy atom. The summed E-state index contributed by atoms with van der Waals surface area (Å²) >= 11 is 0. The van der Waals surface area contributed by atoms with Crippen LogP contribution < -0.4 is 0 Å². The van der Waals surface area contributed by atoms with Crippen molar-refractivity contribution >= 4 is 0 Å². The van der Waals surface area contributed by atoms with E-state index in [1.165, 1.54) is 339 Å². The van der Waals surface area contributed by atoms with Crippen LogP contribution in [0.4, 0.5) is 0 Å². The van der Waals surface area contributed by atoms with Gasteiger partial charge in [-0.3, -0.25) is 0 Å². The van der Waals surface area contributed by atoms with E-state index in [1.807, 2.05) is 0 Å². The molecule has 0 aliphatic rings. The van der Waals surface area contributed by atoms with E-state index in [0.717, 1.165) is 12.8 Å². The molecule has 0 saturated carbocycles. The van der Waals surface area contributed by atoms with Gasteiger partial charge in [-0.25, -0.2) is 0 Å². The molecule has 456 valence electrons. The highest BCUT2D eigenvalue weighted by Crippen LogP contribution is 2.52. The summed E-state index contributed by atoms with van der Waals surface area (Å²) in [6.07, 6.45) is 105. The van der Waals surface area contributed by atoms with E-state index in [9.17, 15) is 0 Å². The third-order valence-electron chi connectivity index (χ3n) is 17.4. The van der Waals surface area contributed by atoms with Gasteiger partial charge in [-0.05, 0) is 124 Å². The van der Waals surface area contributed by atoms with Gasteiger partial charge in [-0.2, -0.15) is 0 Å². The van der Waals surface area contributed by atoms with Crippen LogP contribution in [0.2, 0.25) is 0 Å². The molecular weight excluding hydrogens is 937 g/mol. The fourth-order valence-corrected chi connectivity index (χ4v) is 11.9. The Kier molecular flexibility index (Phi) is 59.8. The molecule has 0 bridgehead atoms. The molecule has 0 aromatic rings. The Balaban J connectivity index is 6.97. The predicted octanol–water partition coefficient (Wildman–Crippen LogP) is 28.8. The van der Waals surface area contributed by atoms with E-state index in [2.05, 4.69) is 128 Å². The minimum atomic E-state index is -0.153. The maximum Gasteiger partial charge on any atom is 0.0336 e. The first-order valence-electron chi connectivity index (χ1n) is 36.0. The van der Waals surface area contributed by atoms with Crippen molar-refractivity contribution in [1.82, 2.24) is 0 Å². The lowest BCUT2D eigenvalue weighted by Crippen LogP contribution is -2.37. The van der Waals surface area contributed by atoms with Gasteiger partial charge in [-0.1, -0.05) is 363 Å². The zero-order valence-electron chi connectivity index (χ0n) is 55.1. The van der Waals surface area contributed by atoms with E-state index in [1.54, 1.807) is 5.57 Å². The smallest absolute Gasteiger partial charge is 0.0336 e. The third kappa shape index (κ3) is 48.8. The van der Waals surface area contributed by atoms with Gasteiger partial charge in [0.25, 0.3) is 0 Å². The maximum atomic E-state index is 2.83. The molecule has 2 atom stereocenters. The number of rotatable bonds is 62. The molecule has 0 amide bonds. The van der Waals surface area contributed by atoms with Gasteiger partial charge >= 0.3 is 0 Å². The summed E-state index contributed by atoms with van der Waals surface area (Å²) in [4.78, 5) is 0. The van der Waals surface area contributed by atoms with E-state index in [4.69, 9.17) is 0 Å². The Morgan fingerprint density at radius 2 is 0.513 bits per heavy atom. The fraction of sp³-hybridized carbons (Fsp3) is 0.821. The first-order valence-corrected chi connectivity index (χ1v) is 36.0. The number of hydrogen-bond acceptors (Lipinski definition) is 0. The molecule has 0 spiro atoms. The van der Waals surface area contributed by atoms with Crippen LogP contribution in [0.1, 0.15) is 402 Å². The minimum Gasteiger partial charge on any atom is -0.0885 e. The van der Waals surface area contributed by atoms with Crippen LogP contribution >= 0.6 is 0 Å². The minimum absolute atomic E-state index is 0.00946. The van der Waals surface area contributed by atoms with Crippen LogP contribution in [0.3, 0.4) is 0 Å². The summed E-state index contributed by atoms with van der Waals surface area (Å²) in [6, 6.07) is 0. The summed E-state index contributed by atoms with van der Waals surface area (Å²) in [5, 5.41) is 0. The molecule has 0 saturated heterocycles. The van der Waals surface area contributed by atoms with Crippen LogP contribution in [-0.4, -0.2) is 0 Å². The van der Waals surface area contributed by atoms with Crippen LogP contribution in [0.25, 0.3) is 0 Å². The molecule has 78 heavy (non-hydrogen) atoms. The lowest BCUT2D eigenvalue weighted by Gasteiger charge is -2.45. The Hall–Kier alpha value is -1.82. The van der Waals surface area contributed by atoms with E-state index >= 15 is 0 Å². The van der Waals surface area contributed by atoms with Gasteiger partial charge in [0.15, 0.2) is 0 Å². The Bertz CT molecular complexity index is 1410. The van der Waals surface area contributed by atoms with Gasteiger partial charge in [-0.15, -0.1) is 0 Å². The van der Waals surface area contributed by atoms with E-state index in [0.29, 0.717) is 0 Å². The number of unbranched alkanes of at least 4 members (excludes halogenated alkanes) is 44. The zero-order valence-corrected chi connectivity index (χ0v) is 55.1. The predicted molar refractivity (Wildman–Crippen MR) is 361 cm³/mol. The van der Waals surface area contributed by atoms with Crippen molar-refractivity contribution < 1.29 is 0 Å². The second-order valence-corrected chi connectivity index (χ2v) is 25.5. The molecule has 0 fully saturated rings. The summed E-state index contributed by atoms with van der Waals surface area (Å²) < 4.78 is 0. The van der Waals surface area contributed by atoms with Gasteiger partial charge in [0.1, 0.15) is 0 Å². The SMILES string of the molecule is CCCCCCC=CC(C/C=C(\C)CCC=C(C)C)(CCCCCCC=CCCCCCCCC)C(C=CCCCCCCCC)(C=CCCCCCCCCCCCC)C=CCCCCCCCCCCCCCCCC. The normalized spacial score (nSPS) is 14.1. The van der Waals surface area contributed by atoms with Gasteiger partial charge in [0.2, 0.25) is 0 Å². The molecule has 0 aromatic heterocycles. The highest BCUT2D eigenvalue weighted by molar-refractivity contribution is 5.32. The standard InChI is InChI=1S/C78H144/c1-9-14-19-24-29-33-36-39-41-42-44-46-49-53-58-62-71-77(69-60-56-51-32-27-22-17-12-4,70-61-57-52-48-45-38-35-31-26-21-16-11-3)78(72-63-55-28-23-18-13-5,74-68-76(8)67-65-66-75(6)7)73-64-59-54-50-47-43-40-37-34-30-25-20-15-10-2/h40,43,60-63,66,68-72H,9-39,41-42,44-59,64-65,67,73-74H2,1-8H3/b43-40?,69-60?,70-61?,71-62?,72-63?,76-68+. The van der Waals surface area contributed by atoms with Crippen molar-refractivity contribution in [2.45, 2.75) is 402 Å². The zero-order chi connectivity index (χ0) is 56.8. The monoisotopic (exact) mass is 1080 g/mol. The second kappa shape index (κ2) is 61.3. The van der Waals surface area contributed by atoms with Crippen LogP contribution in [-0.2, 0) is 0 Å². The lowest BCUT2D eigenvalue weighted by atomic mass is 9.58. The highest BCUT2D eigenvalue weighted by Gasteiger charge is 2.43. The summed E-state index contributed by atoms with van der Waals surface area (Å²) in [6.45, 7) is 18.7. The molecule has 0 N–H and O–H groups in total. The molecular formula is C78H144. The summed E-state index contributed by atoms with van der Waals surface area (Å²) in [5.41, 5.74) is 2.86. The van der Waals surface area contributed by atoms with Crippen molar-refractivity contribution in [3.63, 3.8) is 0 Å². The maximum absolute atomic E-state index is 2.83. The van der Waals surface area contributed by atoms with Crippen LogP contribution in [0.15, 0.2) is 84.1 Å². The molecule has 2 unspecified atom stereocenters. The number of hydrogen-bond donors (Lipinski definition) is 0. The molecule has 0 aromatic carbocycles. The molecule has 0 heterocycles. The highest BCUT2D eigenvalue weighted by atomic mass is 14.5. The van der Waals surface area contributed by atoms with E-state index in [-0.39, 0.29) is 10.8 Å². The second-order valence-electron chi connectivity index (χ2n) is 25.5. The van der Waals surface area contributed by atoms with Gasteiger partial charge in [0.05, 0.1) is 0 Å². The molecule has 0 radical (unpaired) electrons. The van der Waals surface area contributed by atoms with Gasteiger partial charge in [0, 0.05) is 10.8 Å². The van der Waals surface area contributed by atoms with Gasteiger partial charge < -0.3 is 0 Å². The Morgan fingerprint density at radius 3 is 0.821 bits per heavy atom. The summed E-state index contributed by atoms with van der Waals surface area (Å²) in [5.74, 6) is 0. The largest absolute Gasteiger partial charge is 0.0885 e. The summed E-state index contributed by atoms with van der Waals surface area (Å²) in [7, 11) is 0. The molecule has 0 nitrogen and oxygen atoms in total. The molecule has 0 aliphatic carbocycles. The third-order valence-corrected chi connectivity index (χ3v) is 17.4. The molecule has 0 rings (SSSR count). The van der Waals surface area contributed by atoms with Crippen molar-refractivity contribution in [3.05, 3.63) is 84.1 Å². The van der Waals surface area contributed by atoms with Crippen LogP contribution in [0.5, 0.6) is 0 Å². The quantitative estimate of drug-likeness (QED) is 0.0421. The molecule has 0 aliphatic heterocycles. The van der Waals surface area contributed by atoms with Crippen LogP contribution in [0, 0.1) is 10.8 Å². The topological polar surface area (TPSA) is 0 Å². The number of allylic oxidation sites excluding steroid dienone is 14.